The number of esters is 3. The summed E-state index contributed by atoms with van der Waals surface area (Å²) in [6, 6.07) is 16.3. The monoisotopic (exact) mass is 1640 g/mol. The molecule has 0 bridgehead atoms. The third-order valence-electron chi connectivity index (χ3n) is 18.4. The molecule has 0 spiro atoms. The Bertz CT molecular complexity index is 4860. The standard InChI is InChI=1S/C20H24FN3O3.C20H22FN3O3.C16H16FN3O3.C15H15BrFN3O2.C11H19BO3/c2*1-20(2,3)27-19(25)14-5-4-13(10-15(14)21)17-18(22)23-11-16(24-17)12-6-8-26-9-7-12;17-12-7-10(1-2-11(12)16(21)22)14-15(18)19-8-13(20-14)9-3-5-23-6-4-9;1-15(2,3)22-14(21)9-5-4-8(6-10(9)17)12-13(18)19-7-11(16)20-12;1-10(2)11(3,4)15-12(14-10)9-5-7-13-8-6-9/h4-5,10-12H,6-9H2,1-3H3,(H2,22,23);4-6,10-11H,7-9H2,1-3H3,(H2,22,23);1-2,7-9H,3-6H2,(H2,18,19)(H,21,22);4-7H,1-3H3,(H2,18,19);5H,6-8H2,1-4H3. The average molecular weight is 1640 g/mol. The SMILES string of the molecule is CC(C)(C)OC(=O)c1ccc(-c2nc(Br)cnc2N)cc1F.CC(C)(C)OC(=O)c1ccc(-c2nc(C3=CCOCC3)cnc2N)cc1F.CC(C)(C)OC(=O)c1ccc(-c2nc(C3CCOCC3)cnc2N)cc1F.CC1(C)OB(C2=CCOCC2)OC1(C)C.Nc1ncc(C2CCOCC2)nc1-c1ccc(C(=O)O)c(F)c1. The van der Waals surface area contributed by atoms with Crippen molar-refractivity contribution in [2.24, 2.45) is 0 Å². The van der Waals surface area contributed by atoms with Gasteiger partial charge in [-0.1, -0.05) is 36.4 Å². The number of carbonyl (C=O) groups is 4. The van der Waals surface area contributed by atoms with Crippen molar-refractivity contribution in [1.82, 2.24) is 39.9 Å². The maximum absolute atomic E-state index is 14.5. The highest BCUT2D eigenvalue weighted by Gasteiger charge is 2.52. The molecule has 0 aliphatic carbocycles. The minimum Gasteiger partial charge on any atom is -0.478 e. The Labute approximate surface area is 668 Å². The minimum absolute atomic E-state index is 0.124. The molecule has 5 aliphatic rings. The average Bonchev–Trinajstić information content (AvgIpc) is 1.52. The van der Waals surface area contributed by atoms with Crippen molar-refractivity contribution in [1.29, 1.82) is 0 Å². The number of nitrogens with zero attached hydrogens (tertiary/aromatic N) is 8. The Morgan fingerprint density at radius 1 is 0.465 bits per heavy atom. The molecule has 26 nitrogen and oxygen atoms in total. The summed E-state index contributed by atoms with van der Waals surface area (Å²) in [4.78, 5) is 81.4. The van der Waals surface area contributed by atoms with Crippen LogP contribution in [-0.4, -0.2) is 157 Å². The summed E-state index contributed by atoms with van der Waals surface area (Å²) in [7, 11) is -0.182. The van der Waals surface area contributed by atoms with Gasteiger partial charge in [0.15, 0.2) is 0 Å². The van der Waals surface area contributed by atoms with Crippen LogP contribution in [0.15, 0.2) is 120 Å². The van der Waals surface area contributed by atoms with Gasteiger partial charge >= 0.3 is 31.0 Å². The smallest absolute Gasteiger partial charge is 0.478 e. The molecule has 0 radical (unpaired) electrons. The summed E-state index contributed by atoms with van der Waals surface area (Å²) in [5.41, 5.74) is 27.9. The van der Waals surface area contributed by atoms with Gasteiger partial charge in [0.05, 0.1) is 102 Å². The van der Waals surface area contributed by atoms with Crippen LogP contribution >= 0.6 is 15.9 Å². The van der Waals surface area contributed by atoms with E-state index in [0.29, 0.717) is 102 Å². The predicted octanol–water partition coefficient (Wildman–Crippen LogP) is 15.3. The van der Waals surface area contributed by atoms with Crippen LogP contribution in [0.3, 0.4) is 0 Å². The lowest BCUT2D eigenvalue weighted by molar-refractivity contribution is 0.00518. The van der Waals surface area contributed by atoms with E-state index in [0.717, 1.165) is 68.2 Å². The lowest BCUT2D eigenvalue weighted by Crippen LogP contribution is -2.41. The molecule has 9 N–H and O–H groups in total. The van der Waals surface area contributed by atoms with Crippen LogP contribution in [-0.2, 0) is 42.5 Å². The molecule has 13 rings (SSSR count). The zero-order valence-electron chi connectivity index (χ0n) is 66.1. The number of benzene rings is 4. The molecule has 3 fully saturated rings. The first-order valence-corrected chi connectivity index (χ1v) is 37.8. The van der Waals surface area contributed by atoms with E-state index in [1.165, 1.54) is 60.2 Å². The number of anilines is 4. The highest BCUT2D eigenvalue weighted by atomic mass is 79.9. The van der Waals surface area contributed by atoms with Gasteiger partial charge < -0.3 is 70.5 Å². The Hall–Kier alpha value is -10.2. The molecule has 5 aliphatic heterocycles. The third kappa shape index (κ3) is 23.9. The molecule has 4 aromatic carbocycles. The van der Waals surface area contributed by atoms with E-state index in [2.05, 4.69) is 89.6 Å². The second-order valence-electron chi connectivity index (χ2n) is 31.1. The van der Waals surface area contributed by atoms with Crippen molar-refractivity contribution in [2.45, 2.75) is 168 Å². The van der Waals surface area contributed by atoms with Crippen molar-refractivity contribution < 1.29 is 84.3 Å². The predicted molar refractivity (Wildman–Crippen MR) is 426 cm³/mol. The summed E-state index contributed by atoms with van der Waals surface area (Å²) in [5, 5.41) is 8.89. The van der Waals surface area contributed by atoms with Gasteiger partial charge in [-0.3, -0.25) is 0 Å². The number of rotatable bonds is 12. The number of carboxylic acids is 1. The largest absolute Gasteiger partial charge is 0.490 e. The van der Waals surface area contributed by atoms with Crippen LogP contribution in [0, 0.1) is 23.3 Å². The van der Waals surface area contributed by atoms with Crippen LogP contribution in [0.25, 0.3) is 50.6 Å². The number of aromatic nitrogens is 8. The van der Waals surface area contributed by atoms with Crippen molar-refractivity contribution in [3.63, 3.8) is 0 Å². The van der Waals surface area contributed by atoms with Crippen molar-refractivity contribution in [3.05, 3.63) is 182 Å². The normalized spacial score (nSPS) is 16.3. The Morgan fingerprint density at radius 3 is 1.15 bits per heavy atom. The number of nitrogens with two attached hydrogens (primary N) is 4. The summed E-state index contributed by atoms with van der Waals surface area (Å²) in [5.74, 6) is -5.11. The molecular weight excluding hydrogens is 1540 g/mol. The zero-order chi connectivity index (χ0) is 83.2. The van der Waals surface area contributed by atoms with Gasteiger partial charge in [-0.05, 0) is 204 Å². The van der Waals surface area contributed by atoms with E-state index < -0.39 is 63.9 Å². The maximum atomic E-state index is 14.5. The van der Waals surface area contributed by atoms with E-state index in [4.69, 9.17) is 70.5 Å². The van der Waals surface area contributed by atoms with Crippen molar-refractivity contribution in [3.8, 4) is 45.0 Å². The summed E-state index contributed by atoms with van der Waals surface area (Å²) >= 11 is 3.19. The highest BCUT2D eigenvalue weighted by Crippen LogP contribution is 2.40. The minimum atomic E-state index is -1.32. The second-order valence-corrected chi connectivity index (χ2v) is 31.9. The molecule has 114 heavy (non-hydrogen) atoms. The molecule has 32 heteroatoms. The molecule has 8 aromatic rings. The molecule has 4 aromatic heterocycles. The molecule has 0 amide bonds. The molecule has 3 saturated heterocycles. The molecule has 0 atom stereocenters. The van der Waals surface area contributed by atoms with Gasteiger partial charge in [0.2, 0.25) is 0 Å². The Balaban J connectivity index is 0.000000165. The summed E-state index contributed by atoms with van der Waals surface area (Å²) in [6.45, 7) is 29.1. The fourth-order valence-corrected chi connectivity index (χ4v) is 12.1. The number of aromatic carboxylic acids is 1. The van der Waals surface area contributed by atoms with E-state index in [1.54, 1.807) is 99.1 Å². The van der Waals surface area contributed by atoms with Gasteiger partial charge in [-0.25, -0.2) is 76.6 Å². The zero-order valence-corrected chi connectivity index (χ0v) is 67.6. The van der Waals surface area contributed by atoms with E-state index in [1.807, 2.05) is 6.08 Å². The molecular formula is C82H96BBrF4N12O14. The van der Waals surface area contributed by atoms with E-state index >= 15 is 0 Å². The number of hydrogen-bond donors (Lipinski definition) is 5. The fourth-order valence-electron chi connectivity index (χ4n) is 11.8. The van der Waals surface area contributed by atoms with E-state index in [9.17, 15) is 36.7 Å². The first kappa shape index (κ1) is 87.7. The van der Waals surface area contributed by atoms with Gasteiger partial charge in [0.1, 0.15) is 90.7 Å². The van der Waals surface area contributed by atoms with Crippen LogP contribution in [0.4, 0.5) is 40.8 Å². The Morgan fingerprint density at radius 2 is 0.807 bits per heavy atom. The topological polar surface area (TPSA) is 379 Å². The van der Waals surface area contributed by atoms with Crippen molar-refractivity contribution >= 4 is 75.8 Å². The van der Waals surface area contributed by atoms with Crippen LogP contribution < -0.4 is 22.9 Å². The molecule has 0 unspecified atom stereocenters. The number of nitrogen functional groups attached to an aromatic ring is 4. The maximum Gasteiger partial charge on any atom is 0.490 e. The number of carbonyl (C=O) groups excluding carboxylic acids is 3. The Kier molecular flexibility index (Phi) is 29.1. The van der Waals surface area contributed by atoms with Crippen LogP contribution in [0.5, 0.6) is 0 Å². The van der Waals surface area contributed by atoms with Crippen LogP contribution in [0.2, 0.25) is 0 Å². The summed E-state index contributed by atoms with van der Waals surface area (Å²) < 4.78 is 106. The van der Waals surface area contributed by atoms with Crippen molar-refractivity contribution in [2.75, 3.05) is 75.8 Å². The number of hydrogen-bond acceptors (Lipinski definition) is 25. The van der Waals surface area contributed by atoms with Gasteiger partial charge in [-0.2, -0.15) is 0 Å². The van der Waals surface area contributed by atoms with E-state index in [-0.39, 0.29) is 75.7 Å². The number of carboxylic acid groups (broad SMARTS) is 1. The van der Waals surface area contributed by atoms with Gasteiger partial charge in [0.25, 0.3) is 0 Å². The first-order chi connectivity index (χ1) is 53.6. The summed E-state index contributed by atoms with van der Waals surface area (Å²) in [6.07, 6.45) is 15.4. The second kappa shape index (κ2) is 37.8. The molecule has 9 heterocycles. The quantitative estimate of drug-likeness (QED) is 0.0328. The number of halogens is 5. The third-order valence-corrected chi connectivity index (χ3v) is 18.8. The number of ether oxygens (including phenoxy) is 7. The molecule has 0 saturated carbocycles. The molecule has 606 valence electrons. The lowest BCUT2D eigenvalue weighted by atomic mass is 9.75. The van der Waals surface area contributed by atoms with Gasteiger partial charge in [0, 0.05) is 60.5 Å². The fraction of sp³-hybridized carbons (Fsp3) is 0.415. The lowest BCUT2D eigenvalue weighted by Gasteiger charge is -2.32. The van der Waals surface area contributed by atoms with Gasteiger partial charge in [-0.15, -0.1) is 0 Å². The highest BCUT2D eigenvalue weighted by molar-refractivity contribution is 9.10. The first-order valence-electron chi connectivity index (χ1n) is 37.0. The van der Waals surface area contributed by atoms with Crippen LogP contribution in [0.1, 0.15) is 199 Å².